The number of carbonyl (C=O) groups excluding carboxylic acids is 1. The summed E-state index contributed by atoms with van der Waals surface area (Å²) in [5.74, 6) is -0.326. The van der Waals surface area contributed by atoms with E-state index in [1.165, 1.54) is 22.5 Å². The van der Waals surface area contributed by atoms with Crippen LogP contribution in [0.2, 0.25) is 0 Å². The average molecular weight is 407 g/mol. The first-order valence-electron chi connectivity index (χ1n) is 9.97. The van der Waals surface area contributed by atoms with Gasteiger partial charge in [-0.05, 0) is 11.1 Å². The third-order valence-electron chi connectivity index (χ3n) is 5.31. The number of thiazole rings is 1. The largest absolute Gasteiger partial charge is 0.369 e. The van der Waals surface area contributed by atoms with Crippen LogP contribution in [0.4, 0.5) is 0 Å². The summed E-state index contributed by atoms with van der Waals surface area (Å²) >= 11 is 1.52. The minimum absolute atomic E-state index is 0.230. The first kappa shape index (κ1) is 19.8. The Bertz CT molecular complexity index is 881. The average Bonchev–Trinajstić information content (AvgIpc) is 3.17. The molecule has 2 heterocycles. The minimum atomic E-state index is -0.326. The predicted molar refractivity (Wildman–Crippen MR) is 117 cm³/mol. The van der Waals surface area contributed by atoms with Crippen molar-refractivity contribution in [3.05, 3.63) is 87.9 Å². The van der Waals surface area contributed by atoms with E-state index in [-0.39, 0.29) is 18.4 Å². The number of primary amides is 1. The molecule has 1 aliphatic rings. The topological polar surface area (TPSA) is 62.5 Å². The number of piperazine rings is 1. The van der Waals surface area contributed by atoms with Gasteiger partial charge >= 0.3 is 0 Å². The second-order valence-corrected chi connectivity index (χ2v) is 8.35. The molecule has 0 atom stereocenters. The van der Waals surface area contributed by atoms with Crippen LogP contribution in [0.25, 0.3) is 0 Å². The highest BCUT2D eigenvalue weighted by atomic mass is 32.1. The van der Waals surface area contributed by atoms with Gasteiger partial charge in [-0.15, -0.1) is 11.3 Å². The summed E-state index contributed by atoms with van der Waals surface area (Å²) in [4.78, 5) is 20.6. The van der Waals surface area contributed by atoms with Crippen molar-refractivity contribution in [1.29, 1.82) is 0 Å². The maximum atomic E-state index is 11.1. The summed E-state index contributed by atoms with van der Waals surface area (Å²) in [7, 11) is 0. The minimum Gasteiger partial charge on any atom is -0.369 e. The first-order valence-corrected chi connectivity index (χ1v) is 10.8. The second kappa shape index (κ2) is 9.31. The number of aromatic nitrogens is 1. The van der Waals surface area contributed by atoms with Crippen LogP contribution in [-0.2, 0) is 17.8 Å². The van der Waals surface area contributed by atoms with Crippen LogP contribution in [0.3, 0.4) is 0 Å². The van der Waals surface area contributed by atoms with Gasteiger partial charge in [0.2, 0.25) is 5.91 Å². The summed E-state index contributed by atoms with van der Waals surface area (Å²) in [6.07, 6.45) is 0.230. The fourth-order valence-electron chi connectivity index (χ4n) is 3.95. The lowest BCUT2D eigenvalue weighted by Crippen LogP contribution is -2.47. The zero-order valence-corrected chi connectivity index (χ0v) is 17.2. The van der Waals surface area contributed by atoms with Gasteiger partial charge in [0.25, 0.3) is 0 Å². The molecule has 1 amide bonds. The van der Waals surface area contributed by atoms with Crippen LogP contribution in [0.15, 0.2) is 66.0 Å². The molecule has 150 valence electrons. The molecule has 1 fully saturated rings. The molecule has 29 heavy (non-hydrogen) atoms. The van der Waals surface area contributed by atoms with Crippen LogP contribution >= 0.6 is 11.3 Å². The number of hydrogen-bond donors (Lipinski definition) is 1. The Kier molecular flexibility index (Phi) is 6.34. The van der Waals surface area contributed by atoms with Crippen molar-refractivity contribution in [2.45, 2.75) is 19.0 Å². The van der Waals surface area contributed by atoms with Gasteiger partial charge in [-0.3, -0.25) is 14.6 Å². The number of rotatable bonds is 7. The molecule has 5 nitrogen and oxygen atoms in total. The van der Waals surface area contributed by atoms with E-state index in [4.69, 9.17) is 5.73 Å². The molecule has 1 saturated heterocycles. The van der Waals surface area contributed by atoms with E-state index < -0.39 is 0 Å². The van der Waals surface area contributed by atoms with Crippen LogP contribution in [0.5, 0.6) is 0 Å². The van der Waals surface area contributed by atoms with Crippen molar-refractivity contribution in [3.8, 4) is 0 Å². The summed E-state index contributed by atoms with van der Waals surface area (Å²) in [5, 5.41) is 2.85. The van der Waals surface area contributed by atoms with Crippen molar-refractivity contribution < 1.29 is 4.79 Å². The lowest BCUT2D eigenvalue weighted by atomic mass is 9.96. The summed E-state index contributed by atoms with van der Waals surface area (Å²) in [6.45, 7) is 4.83. The van der Waals surface area contributed by atoms with Crippen LogP contribution < -0.4 is 5.73 Å². The summed E-state index contributed by atoms with van der Waals surface area (Å²) in [6, 6.07) is 21.8. The van der Waals surface area contributed by atoms with E-state index in [0.29, 0.717) is 0 Å². The Morgan fingerprint density at radius 3 is 2.10 bits per heavy atom. The summed E-state index contributed by atoms with van der Waals surface area (Å²) in [5.41, 5.74) is 8.97. The Balaban J connectivity index is 1.42. The normalized spacial score (nSPS) is 15.6. The van der Waals surface area contributed by atoms with Crippen LogP contribution in [0, 0.1) is 0 Å². The SMILES string of the molecule is NC(=O)Cc1nc(CN2CCN(C(c3ccccc3)c3ccccc3)CC2)cs1. The highest BCUT2D eigenvalue weighted by Gasteiger charge is 2.26. The van der Waals surface area contributed by atoms with Gasteiger partial charge in [-0.2, -0.15) is 0 Å². The zero-order valence-electron chi connectivity index (χ0n) is 16.4. The molecule has 4 rings (SSSR count). The molecule has 0 bridgehead atoms. The number of hydrogen-bond acceptors (Lipinski definition) is 5. The van der Waals surface area contributed by atoms with Gasteiger partial charge in [0.15, 0.2) is 0 Å². The highest BCUT2D eigenvalue weighted by molar-refractivity contribution is 7.09. The maximum Gasteiger partial charge on any atom is 0.224 e. The Morgan fingerprint density at radius 2 is 1.55 bits per heavy atom. The second-order valence-electron chi connectivity index (χ2n) is 7.41. The van der Waals surface area contributed by atoms with E-state index in [2.05, 4.69) is 75.4 Å². The Labute approximate surface area is 175 Å². The highest BCUT2D eigenvalue weighted by Crippen LogP contribution is 2.29. The molecule has 0 spiro atoms. The Hall–Kier alpha value is -2.54. The lowest BCUT2D eigenvalue weighted by molar-refractivity contribution is -0.117. The molecule has 3 aromatic rings. The van der Waals surface area contributed by atoms with E-state index >= 15 is 0 Å². The number of carbonyl (C=O) groups is 1. The smallest absolute Gasteiger partial charge is 0.224 e. The van der Waals surface area contributed by atoms with Crippen molar-refractivity contribution in [2.75, 3.05) is 26.2 Å². The van der Waals surface area contributed by atoms with Gasteiger partial charge in [-0.1, -0.05) is 60.7 Å². The molecule has 0 saturated carbocycles. The van der Waals surface area contributed by atoms with Gasteiger partial charge in [0.1, 0.15) is 5.01 Å². The van der Waals surface area contributed by atoms with E-state index in [9.17, 15) is 4.79 Å². The lowest BCUT2D eigenvalue weighted by Gasteiger charge is -2.39. The predicted octanol–water partition coefficient (Wildman–Crippen LogP) is 3.08. The van der Waals surface area contributed by atoms with Crippen molar-refractivity contribution in [1.82, 2.24) is 14.8 Å². The van der Waals surface area contributed by atoms with Crippen molar-refractivity contribution in [2.24, 2.45) is 5.73 Å². The van der Waals surface area contributed by atoms with Crippen molar-refractivity contribution in [3.63, 3.8) is 0 Å². The molecule has 1 aromatic heterocycles. The van der Waals surface area contributed by atoms with E-state index in [1.807, 2.05) is 5.38 Å². The monoisotopic (exact) mass is 406 g/mol. The first-order chi connectivity index (χ1) is 14.2. The molecule has 0 unspecified atom stereocenters. The van der Waals surface area contributed by atoms with Crippen LogP contribution in [-0.4, -0.2) is 46.9 Å². The van der Waals surface area contributed by atoms with Crippen molar-refractivity contribution >= 4 is 17.2 Å². The molecule has 0 radical (unpaired) electrons. The number of nitrogens with two attached hydrogens (primary N) is 1. The maximum absolute atomic E-state index is 11.1. The molecule has 0 aliphatic carbocycles. The number of amides is 1. The molecule has 2 aromatic carbocycles. The molecule has 1 aliphatic heterocycles. The third-order valence-corrected chi connectivity index (χ3v) is 6.21. The van der Waals surface area contributed by atoms with Gasteiger partial charge < -0.3 is 5.73 Å². The molecular weight excluding hydrogens is 380 g/mol. The standard InChI is InChI=1S/C23H26N4OS/c24-21(28)15-22-25-20(17-29-22)16-26-11-13-27(14-12-26)23(18-7-3-1-4-8-18)19-9-5-2-6-10-19/h1-10,17,23H,11-16H2,(H2,24,28). The number of nitrogens with zero attached hydrogens (tertiary/aromatic N) is 3. The third kappa shape index (κ3) is 5.09. The Morgan fingerprint density at radius 1 is 0.966 bits per heavy atom. The van der Waals surface area contributed by atoms with Gasteiger partial charge in [-0.25, -0.2) is 4.98 Å². The van der Waals surface area contributed by atoms with Gasteiger partial charge in [0, 0.05) is 38.1 Å². The zero-order chi connectivity index (χ0) is 20.1. The van der Waals surface area contributed by atoms with E-state index in [1.54, 1.807) is 0 Å². The summed E-state index contributed by atoms with van der Waals surface area (Å²) < 4.78 is 0. The van der Waals surface area contributed by atoms with E-state index in [0.717, 1.165) is 43.4 Å². The molecular formula is C23H26N4OS. The quantitative estimate of drug-likeness (QED) is 0.655. The molecule has 2 N–H and O–H groups in total. The fourth-order valence-corrected chi connectivity index (χ4v) is 4.74. The fraction of sp³-hybridized carbons (Fsp3) is 0.304. The van der Waals surface area contributed by atoms with Gasteiger partial charge in [0.05, 0.1) is 18.2 Å². The van der Waals surface area contributed by atoms with Crippen LogP contribution in [0.1, 0.15) is 27.9 Å². The number of benzene rings is 2. The molecule has 6 heteroatoms.